The van der Waals surface area contributed by atoms with Gasteiger partial charge >= 0.3 is 6.03 Å². The van der Waals surface area contributed by atoms with E-state index in [-0.39, 0.29) is 6.03 Å². The van der Waals surface area contributed by atoms with Crippen molar-refractivity contribution in [3.05, 3.63) is 0 Å². The van der Waals surface area contributed by atoms with Gasteiger partial charge in [-0.25, -0.2) is 4.79 Å². The molecule has 4 nitrogen and oxygen atoms in total. The maximum Gasteiger partial charge on any atom is 0.320 e. The molecule has 1 atom stereocenters. The number of fused-ring (bicyclic) bond motifs is 1. The van der Waals surface area contributed by atoms with Gasteiger partial charge in [0, 0.05) is 32.2 Å². The van der Waals surface area contributed by atoms with Gasteiger partial charge in [0.05, 0.1) is 6.04 Å². The molecule has 4 heteroatoms. The molecule has 72 valence electrons. The first-order chi connectivity index (χ1) is 6.36. The molecule has 0 aromatic carbocycles. The molecule has 0 bridgehead atoms. The van der Waals surface area contributed by atoms with Crippen molar-refractivity contribution in [1.29, 1.82) is 0 Å². The summed E-state index contributed by atoms with van der Waals surface area (Å²) in [5.74, 6) is 0. The quantitative estimate of drug-likeness (QED) is 0.611. The number of piperazine rings is 1. The van der Waals surface area contributed by atoms with Crippen molar-refractivity contribution in [2.45, 2.75) is 24.9 Å². The summed E-state index contributed by atoms with van der Waals surface area (Å²) in [7, 11) is 0. The van der Waals surface area contributed by atoms with Gasteiger partial charge in [0.1, 0.15) is 0 Å². The molecule has 0 aromatic rings. The number of rotatable bonds is 1. The average Bonchev–Trinajstić information content (AvgIpc) is 2.94. The summed E-state index contributed by atoms with van der Waals surface area (Å²) >= 11 is 0. The predicted octanol–water partition coefficient (Wildman–Crippen LogP) is -0.142. The minimum atomic E-state index is 0.286. The molecular formula is C9H15N3O. The van der Waals surface area contributed by atoms with Gasteiger partial charge in [-0.1, -0.05) is 0 Å². The van der Waals surface area contributed by atoms with Gasteiger partial charge in [0.15, 0.2) is 0 Å². The first-order valence-electron chi connectivity index (χ1n) is 5.14. The van der Waals surface area contributed by atoms with Crippen molar-refractivity contribution in [3.63, 3.8) is 0 Å². The van der Waals surface area contributed by atoms with Crippen LogP contribution in [0.5, 0.6) is 0 Å². The van der Waals surface area contributed by atoms with Crippen molar-refractivity contribution in [3.8, 4) is 0 Å². The van der Waals surface area contributed by atoms with E-state index in [1.807, 2.05) is 4.90 Å². The minimum absolute atomic E-state index is 0.286. The molecule has 3 rings (SSSR count). The lowest BCUT2D eigenvalue weighted by Crippen LogP contribution is -2.49. The minimum Gasteiger partial charge on any atom is -0.320 e. The second-order valence-corrected chi connectivity index (χ2v) is 4.22. The Morgan fingerprint density at radius 2 is 2.08 bits per heavy atom. The normalized spacial score (nSPS) is 33.8. The van der Waals surface area contributed by atoms with Crippen LogP contribution in [0.2, 0.25) is 0 Å². The molecule has 1 saturated carbocycles. The van der Waals surface area contributed by atoms with E-state index < -0.39 is 0 Å². The maximum atomic E-state index is 11.8. The molecule has 0 radical (unpaired) electrons. The summed E-state index contributed by atoms with van der Waals surface area (Å²) in [6.07, 6.45) is 2.44. The van der Waals surface area contributed by atoms with E-state index in [0.717, 1.165) is 26.2 Å². The lowest BCUT2D eigenvalue weighted by Gasteiger charge is -2.28. The number of hydrogen-bond donors (Lipinski definition) is 1. The van der Waals surface area contributed by atoms with Gasteiger partial charge in [0.25, 0.3) is 0 Å². The molecular weight excluding hydrogens is 166 g/mol. The lowest BCUT2D eigenvalue weighted by molar-refractivity contribution is 0.178. The third kappa shape index (κ3) is 1.12. The standard InChI is InChI=1S/C9H15N3O/c13-9-11-4-3-10-5-8(11)6-12(9)7-1-2-7/h7-8,10H,1-6H2. The fourth-order valence-electron chi connectivity index (χ4n) is 2.34. The average molecular weight is 181 g/mol. The zero-order chi connectivity index (χ0) is 8.84. The summed E-state index contributed by atoms with van der Waals surface area (Å²) in [6.45, 7) is 3.79. The van der Waals surface area contributed by atoms with E-state index >= 15 is 0 Å². The number of amides is 2. The van der Waals surface area contributed by atoms with Gasteiger partial charge in [-0.15, -0.1) is 0 Å². The van der Waals surface area contributed by atoms with Crippen LogP contribution in [0.25, 0.3) is 0 Å². The third-order valence-corrected chi connectivity index (χ3v) is 3.24. The molecule has 1 aliphatic carbocycles. The first kappa shape index (κ1) is 7.62. The Bertz CT molecular complexity index is 235. The van der Waals surface area contributed by atoms with E-state index in [1.165, 1.54) is 12.8 Å². The topological polar surface area (TPSA) is 35.6 Å². The fourth-order valence-corrected chi connectivity index (χ4v) is 2.34. The Hall–Kier alpha value is -0.770. The summed E-state index contributed by atoms with van der Waals surface area (Å²) in [5.41, 5.74) is 0. The smallest absolute Gasteiger partial charge is 0.320 e. The van der Waals surface area contributed by atoms with Gasteiger partial charge in [-0.2, -0.15) is 0 Å². The summed E-state index contributed by atoms with van der Waals surface area (Å²) in [5, 5.41) is 3.34. The van der Waals surface area contributed by atoms with Crippen LogP contribution in [0.3, 0.4) is 0 Å². The Morgan fingerprint density at radius 1 is 1.23 bits per heavy atom. The van der Waals surface area contributed by atoms with Crippen molar-refractivity contribution < 1.29 is 4.79 Å². The molecule has 3 fully saturated rings. The third-order valence-electron chi connectivity index (χ3n) is 3.24. The highest BCUT2D eigenvalue weighted by Gasteiger charge is 2.44. The molecule has 1 unspecified atom stereocenters. The van der Waals surface area contributed by atoms with Gasteiger partial charge in [0.2, 0.25) is 0 Å². The fraction of sp³-hybridized carbons (Fsp3) is 0.889. The van der Waals surface area contributed by atoms with E-state index in [0.29, 0.717) is 12.1 Å². The highest BCUT2D eigenvalue weighted by Crippen LogP contribution is 2.31. The van der Waals surface area contributed by atoms with Gasteiger partial charge in [-0.3, -0.25) is 0 Å². The van der Waals surface area contributed by atoms with Crippen LogP contribution in [0.15, 0.2) is 0 Å². The number of carbonyl (C=O) groups excluding carboxylic acids is 1. The molecule has 13 heavy (non-hydrogen) atoms. The molecule has 2 saturated heterocycles. The Balaban J connectivity index is 1.77. The molecule has 3 aliphatic rings. The zero-order valence-electron chi connectivity index (χ0n) is 7.70. The van der Waals surface area contributed by atoms with Crippen LogP contribution >= 0.6 is 0 Å². The summed E-state index contributed by atoms with van der Waals surface area (Å²) < 4.78 is 0. The molecule has 2 heterocycles. The highest BCUT2D eigenvalue weighted by atomic mass is 16.2. The molecule has 2 amide bonds. The van der Waals surface area contributed by atoms with E-state index in [4.69, 9.17) is 0 Å². The molecule has 0 spiro atoms. The Labute approximate surface area is 77.9 Å². The number of nitrogens with one attached hydrogen (secondary N) is 1. The lowest BCUT2D eigenvalue weighted by atomic mass is 10.2. The van der Waals surface area contributed by atoms with E-state index in [1.54, 1.807) is 0 Å². The second kappa shape index (κ2) is 2.61. The summed E-state index contributed by atoms with van der Waals surface area (Å²) in [6, 6.07) is 1.31. The first-order valence-corrected chi connectivity index (χ1v) is 5.14. The maximum absolute atomic E-state index is 11.8. The number of urea groups is 1. The van der Waals surface area contributed by atoms with E-state index in [9.17, 15) is 4.79 Å². The van der Waals surface area contributed by atoms with Crippen molar-refractivity contribution >= 4 is 6.03 Å². The molecule has 1 N–H and O–H groups in total. The number of hydrogen-bond acceptors (Lipinski definition) is 2. The van der Waals surface area contributed by atoms with Crippen LogP contribution in [0, 0.1) is 0 Å². The Morgan fingerprint density at radius 3 is 2.77 bits per heavy atom. The van der Waals surface area contributed by atoms with Crippen LogP contribution in [-0.4, -0.2) is 54.1 Å². The number of carbonyl (C=O) groups is 1. The predicted molar refractivity (Wildman–Crippen MR) is 48.5 cm³/mol. The van der Waals surface area contributed by atoms with Crippen LogP contribution in [-0.2, 0) is 0 Å². The highest BCUT2D eigenvalue weighted by molar-refractivity contribution is 5.78. The molecule has 2 aliphatic heterocycles. The van der Waals surface area contributed by atoms with Gasteiger partial charge in [-0.05, 0) is 12.8 Å². The van der Waals surface area contributed by atoms with Crippen LogP contribution < -0.4 is 5.32 Å². The largest absolute Gasteiger partial charge is 0.320 e. The van der Waals surface area contributed by atoms with Crippen LogP contribution in [0.1, 0.15) is 12.8 Å². The second-order valence-electron chi connectivity index (χ2n) is 4.22. The monoisotopic (exact) mass is 181 g/mol. The van der Waals surface area contributed by atoms with E-state index in [2.05, 4.69) is 10.2 Å². The van der Waals surface area contributed by atoms with Crippen LogP contribution in [0.4, 0.5) is 4.79 Å². The SMILES string of the molecule is O=C1N2CCNCC2CN1C1CC1. The Kier molecular flexibility index (Phi) is 1.53. The van der Waals surface area contributed by atoms with Crippen molar-refractivity contribution in [1.82, 2.24) is 15.1 Å². The van der Waals surface area contributed by atoms with Crippen molar-refractivity contribution in [2.75, 3.05) is 26.2 Å². The van der Waals surface area contributed by atoms with Gasteiger partial charge < -0.3 is 15.1 Å². The zero-order valence-corrected chi connectivity index (χ0v) is 7.70. The summed E-state index contributed by atoms with van der Waals surface area (Å²) in [4.78, 5) is 15.9. The van der Waals surface area contributed by atoms with Crippen molar-refractivity contribution in [2.24, 2.45) is 0 Å². The number of nitrogens with zero attached hydrogens (tertiary/aromatic N) is 2. The molecule has 0 aromatic heterocycles.